The molecule has 1 aromatic rings. The number of hydrogen-bond acceptors (Lipinski definition) is 5. The van der Waals surface area contributed by atoms with Crippen molar-refractivity contribution in [2.24, 2.45) is 0 Å². The minimum absolute atomic E-state index is 0.0249. The Balaban J connectivity index is 2.57. The molecule has 0 aliphatic heterocycles. The summed E-state index contributed by atoms with van der Waals surface area (Å²) >= 11 is 0. The van der Waals surface area contributed by atoms with Gasteiger partial charge in [0.05, 0.1) is 34.2 Å². The van der Waals surface area contributed by atoms with Crippen molar-refractivity contribution in [3.63, 3.8) is 0 Å². The van der Waals surface area contributed by atoms with Crippen LogP contribution in [0.4, 0.5) is 0 Å². The van der Waals surface area contributed by atoms with Crippen molar-refractivity contribution in [3.8, 4) is 6.07 Å². The molecular weight excluding hydrogens is 280 g/mol. The summed E-state index contributed by atoms with van der Waals surface area (Å²) in [5.74, 6) is -1.27. The highest BCUT2D eigenvalue weighted by Crippen LogP contribution is 2.47. The maximum absolute atomic E-state index is 12.1. The number of rotatable bonds is 5. The molecule has 7 heteroatoms. The Morgan fingerprint density at radius 2 is 2.20 bits per heavy atom. The van der Waals surface area contributed by atoms with Crippen molar-refractivity contribution in [3.05, 3.63) is 23.5 Å². The predicted molar refractivity (Wildman–Crippen MR) is 69.8 cm³/mol. The number of carboxylic acid groups (broad SMARTS) is 1. The molecule has 1 saturated carbocycles. The first-order chi connectivity index (χ1) is 9.34. The van der Waals surface area contributed by atoms with Crippen molar-refractivity contribution in [2.75, 3.05) is 5.75 Å². The van der Waals surface area contributed by atoms with Crippen LogP contribution in [-0.2, 0) is 26.5 Å². The van der Waals surface area contributed by atoms with E-state index >= 15 is 0 Å². The van der Waals surface area contributed by atoms with Crippen LogP contribution in [0.5, 0.6) is 0 Å². The van der Waals surface area contributed by atoms with Crippen LogP contribution < -0.4 is 0 Å². The quantitative estimate of drug-likeness (QED) is 0.869. The van der Waals surface area contributed by atoms with Crippen molar-refractivity contribution >= 4 is 15.8 Å². The predicted octanol–water partition coefficient (Wildman–Crippen LogP) is 1.06. The fourth-order valence-electron chi connectivity index (χ4n) is 2.03. The van der Waals surface area contributed by atoms with E-state index in [4.69, 9.17) is 10.4 Å². The molecule has 0 aromatic carbocycles. The minimum Gasteiger partial charge on any atom is -0.481 e. The van der Waals surface area contributed by atoms with Crippen molar-refractivity contribution in [2.45, 2.75) is 36.5 Å². The molecule has 1 fully saturated rings. The Bertz CT molecular complexity index is 700. The summed E-state index contributed by atoms with van der Waals surface area (Å²) in [5.41, 5.74) is -0.0646. The molecule has 106 valence electrons. The maximum Gasteiger partial charge on any atom is 0.309 e. The molecule has 1 aliphatic carbocycles. The van der Waals surface area contributed by atoms with E-state index in [-0.39, 0.29) is 16.3 Å². The third kappa shape index (κ3) is 2.51. The lowest BCUT2D eigenvalue weighted by atomic mass is 9.99. The van der Waals surface area contributed by atoms with Gasteiger partial charge in [-0.15, -0.1) is 0 Å². The number of nitrogens with zero attached hydrogens (tertiary/aromatic N) is 2. The van der Waals surface area contributed by atoms with Gasteiger partial charge in [0.2, 0.25) is 0 Å². The zero-order valence-electron chi connectivity index (χ0n) is 11.0. The smallest absolute Gasteiger partial charge is 0.309 e. The van der Waals surface area contributed by atoms with Crippen LogP contribution >= 0.6 is 0 Å². The molecule has 0 saturated heterocycles. The second-order valence-electron chi connectivity index (χ2n) is 4.84. The van der Waals surface area contributed by atoms with Gasteiger partial charge in [0.15, 0.2) is 9.84 Å². The van der Waals surface area contributed by atoms with Gasteiger partial charge in [0, 0.05) is 6.20 Å². The number of hydrogen-bond donors (Lipinski definition) is 1. The Hall–Kier alpha value is -1.94. The number of carbonyl (C=O) groups is 1. The van der Waals surface area contributed by atoms with Gasteiger partial charge in [0.1, 0.15) is 0 Å². The van der Waals surface area contributed by atoms with E-state index in [1.807, 2.05) is 0 Å². The standard InChI is InChI=1S/C13H14N2O4S/c1-2-20(18,19)11-5-9(13(8-14)3-4-13)7-15-10(11)6-12(16)17/h5,7H,2-4,6H2,1H3,(H,16,17). The van der Waals surface area contributed by atoms with E-state index in [9.17, 15) is 13.2 Å². The minimum atomic E-state index is -3.57. The zero-order chi connectivity index (χ0) is 15.0. The molecule has 0 atom stereocenters. The van der Waals surface area contributed by atoms with Crippen LogP contribution in [0.25, 0.3) is 0 Å². The number of aliphatic carboxylic acids is 1. The average Bonchev–Trinajstić information content (AvgIpc) is 3.19. The van der Waals surface area contributed by atoms with E-state index in [0.29, 0.717) is 18.4 Å². The highest BCUT2D eigenvalue weighted by molar-refractivity contribution is 7.91. The molecule has 0 spiro atoms. The third-order valence-corrected chi connectivity index (χ3v) is 5.26. The van der Waals surface area contributed by atoms with E-state index in [2.05, 4.69) is 11.1 Å². The highest BCUT2D eigenvalue weighted by atomic mass is 32.2. The molecular formula is C13H14N2O4S. The van der Waals surface area contributed by atoms with E-state index in [1.54, 1.807) is 0 Å². The summed E-state index contributed by atoms with van der Waals surface area (Å²) in [6, 6.07) is 3.59. The van der Waals surface area contributed by atoms with Crippen molar-refractivity contribution < 1.29 is 18.3 Å². The molecule has 0 amide bonds. The van der Waals surface area contributed by atoms with Crippen LogP contribution in [0, 0.1) is 11.3 Å². The summed E-state index contributed by atoms with van der Waals surface area (Å²) in [5, 5.41) is 18.0. The summed E-state index contributed by atoms with van der Waals surface area (Å²) in [6.45, 7) is 1.49. The highest BCUT2D eigenvalue weighted by Gasteiger charge is 2.45. The average molecular weight is 294 g/mol. The molecule has 1 N–H and O–H groups in total. The first kappa shape index (κ1) is 14.5. The fourth-order valence-corrected chi connectivity index (χ4v) is 3.13. The van der Waals surface area contributed by atoms with Crippen LogP contribution in [-0.4, -0.2) is 30.2 Å². The van der Waals surface area contributed by atoms with Crippen LogP contribution in [0.15, 0.2) is 17.2 Å². The number of aromatic nitrogens is 1. The van der Waals surface area contributed by atoms with E-state index < -0.39 is 27.6 Å². The second-order valence-corrected chi connectivity index (χ2v) is 7.08. The van der Waals surface area contributed by atoms with Gasteiger partial charge in [-0.1, -0.05) is 6.92 Å². The van der Waals surface area contributed by atoms with Gasteiger partial charge < -0.3 is 5.11 Å². The molecule has 20 heavy (non-hydrogen) atoms. The second kappa shape index (κ2) is 4.87. The molecule has 1 aromatic heterocycles. The van der Waals surface area contributed by atoms with Crippen molar-refractivity contribution in [1.82, 2.24) is 4.98 Å². The number of nitriles is 1. The first-order valence-electron chi connectivity index (χ1n) is 6.20. The third-order valence-electron chi connectivity index (χ3n) is 3.48. The summed E-state index contributed by atoms with van der Waals surface area (Å²) < 4.78 is 24.2. The fraction of sp³-hybridized carbons (Fsp3) is 0.462. The number of sulfone groups is 1. The topological polar surface area (TPSA) is 108 Å². The Kier molecular flexibility index (Phi) is 3.52. The first-order valence-corrected chi connectivity index (χ1v) is 7.85. The molecule has 2 rings (SSSR count). The molecule has 0 unspecified atom stereocenters. The maximum atomic E-state index is 12.1. The number of carboxylic acids is 1. The largest absolute Gasteiger partial charge is 0.481 e. The SMILES string of the molecule is CCS(=O)(=O)c1cc(C2(C#N)CC2)cnc1CC(=O)O. The lowest BCUT2D eigenvalue weighted by Crippen LogP contribution is -2.15. The summed E-state index contributed by atoms with van der Waals surface area (Å²) in [7, 11) is -3.57. The Morgan fingerprint density at radius 3 is 2.65 bits per heavy atom. The van der Waals surface area contributed by atoms with Gasteiger partial charge in [-0.3, -0.25) is 9.78 Å². The van der Waals surface area contributed by atoms with Crippen molar-refractivity contribution in [1.29, 1.82) is 5.26 Å². The molecule has 1 heterocycles. The van der Waals surface area contributed by atoms with Gasteiger partial charge >= 0.3 is 5.97 Å². The molecule has 0 radical (unpaired) electrons. The van der Waals surface area contributed by atoms with E-state index in [0.717, 1.165) is 0 Å². The van der Waals surface area contributed by atoms with Gasteiger partial charge in [-0.25, -0.2) is 8.42 Å². The van der Waals surface area contributed by atoms with Crippen LogP contribution in [0.2, 0.25) is 0 Å². The molecule has 6 nitrogen and oxygen atoms in total. The lowest BCUT2D eigenvalue weighted by molar-refractivity contribution is -0.136. The number of pyridine rings is 1. The normalized spacial score (nSPS) is 16.4. The zero-order valence-corrected chi connectivity index (χ0v) is 11.8. The summed E-state index contributed by atoms with van der Waals surface area (Å²) in [4.78, 5) is 14.7. The Morgan fingerprint density at radius 1 is 1.55 bits per heavy atom. The van der Waals surface area contributed by atoms with Crippen LogP contribution in [0.3, 0.4) is 0 Å². The van der Waals surface area contributed by atoms with Gasteiger partial charge in [-0.05, 0) is 24.5 Å². The monoisotopic (exact) mass is 294 g/mol. The van der Waals surface area contributed by atoms with Gasteiger partial charge in [-0.2, -0.15) is 5.26 Å². The van der Waals surface area contributed by atoms with Gasteiger partial charge in [0.25, 0.3) is 0 Å². The molecule has 0 bridgehead atoms. The Labute approximate surface area is 117 Å². The van der Waals surface area contributed by atoms with E-state index in [1.165, 1.54) is 19.2 Å². The van der Waals surface area contributed by atoms with Crippen LogP contribution in [0.1, 0.15) is 31.0 Å². The summed E-state index contributed by atoms with van der Waals surface area (Å²) in [6.07, 6.45) is 2.32. The lowest BCUT2D eigenvalue weighted by Gasteiger charge is -2.11. The molecule has 1 aliphatic rings.